The molecule has 0 spiro atoms. The third-order valence-corrected chi connectivity index (χ3v) is 6.68. The molecule has 0 atom stereocenters. The minimum absolute atomic E-state index is 0.0456. The molecule has 0 fully saturated rings. The summed E-state index contributed by atoms with van der Waals surface area (Å²) in [5.74, 6) is -1.01. The van der Waals surface area contributed by atoms with Crippen molar-refractivity contribution in [2.75, 3.05) is 11.4 Å². The van der Waals surface area contributed by atoms with E-state index in [0.717, 1.165) is 46.4 Å². The molecule has 1 aliphatic heterocycles. The summed E-state index contributed by atoms with van der Waals surface area (Å²) in [4.78, 5) is 14.0. The van der Waals surface area contributed by atoms with E-state index in [1.165, 1.54) is 0 Å². The number of carboxylic acid groups (broad SMARTS) is 1. The molecule has 0 unspecified atom stereocenters. The summed E-state index contributed by atoms with van der Waals surface area (Å²) in [6.07, 6.45) is 3.90. The van der Waals surface area contributed by atoms with Crippen LogP contribution in [-0.4, -0.2) is 32.0 Å². The van der Waals surface area contributed by atoms with Gasteiger partial charge in [-0.25, -0.2) is 13.6 Å². The van der Waals surface area contributed by atoms with E-state index in [-0.39, 0.29) is 11.1 Å². The van der Waals surface area contributed by atoms with Gasteiger partial charge in [-0.15, -0.1) is 0 Å². The number of benzene rings is 2. The summed E-state index contributed by atoms with van der Waals surface area (Å²) >= 11 is 0. The molecular weight excluding hydrogens is 450 g/mol. The SMILES string of the molecule is C=C(C)c1cc(N2CCCc3cc(-c4cnn(C)c4)c(C(F)F)cc32)cc2c(C(=O)O)cn(C)c12. The number of aromatic nitrogens is 3. The normalized spacial score (nSPS) is 13.5. The molecule has 0 amide bonds. The number of aromatic carboxylic acids is 1. The van der Waals surface area contributed by atoms with E-state index < -0.39 is 12.4 Å². The van der Waals surface area contributed by atoms with E-state index in [9.17, 15) is 18.7 Å². The molecule has 0 radical (unpaired) electrons. The molecule has 1 aliphatic rings. The first-order valence-electron chi connectivity index (χ1n) is 11.4. The number of alkyl halides is 2. The van der Waals surface area contributed by atoms with Crippen LogP contribution in [0, 0.1) is 0 Å². The topological polar surface area (TPSA) is 63.3 Å². The number of anilines is 2. The monoisotopic (exact) mass is 476 g/mol. The summed E-state index contributed by atoms with van der Waals surface area (Å²) in [7, 11) is 3.57. The molecule has 2 aromatic carbocycles. The first kappa shape index (κ1) is 22.8. The number of carbonyl (C=O) groups is 1. The van der Waals surface area contributed by atoms with Gasteiger partial charge < -0.3 is 14.6 Å². The van der Waals surface area contributed by atoms with Gasteiger partial charge in [-0.3, -0.25) is 4.68 Å². The highest BCUT2D eigenvalue weighted by molar-refractivity contribution is 6.07. The Balaban J connectivity index is 1.72. The summed E-state index contributed by atoms with van der Waals surface area (Å²) in [6, 6.07) is 7.25. The molecule has 0 saturated carbocycles. The molecule has 8 heteroatoms. The van der Waals surface area contributed by atoms with Crippen LogP contribution in [0.1, 0.15) is 46.8 Å². The summed E-state index contributed by atoms with van der Waals surface area (Å²) in [5.41, 5.74) is 6.18. The largest absolute Gasteiger partial charge is 0.478 e. The van der Waals surface area contributed by atoms with Gasteiger partial charge in [0.05, 0.1) is 17.3 Å². The first-order valence-corrected chi connectivity index (χ1v) is 11.4. The van der Waals surface area contributed by atoms with Gasteiger partial charge in [0, 0.05) is 66.5 Å². The van der Waals surface area contributed by atoms with Crippen molar-refractivity contribution in [1.29, 1.82) is 0 Å². The van der Waals surface area contributed by atoms with Crippen LogP contribution in [-0.2, 0) is 20.5 Å². The van der Waals surface area contributed by atoms with Crippen LogP contribution >= 0.6 is 0 Å². The number of nitrogens with zero attached hydrogens (tertiary/aromatic N) is 4. The highest BCUT2D eigenvalue weighted by atomic mass is 19.3. The number of hydrogen-bond acceptors (Lipinski definition) is 3. The van der Waals surface area contributed by atoms with Gasteiger partial charge in [0.15, 0.2) is 0 Å². The second kappa shape index (κ2) is 8.37. The standard InChI is InChI=1S/C27H26F2N4O2/c1-15(2)19-9-18(10-21-23(27(34)35)14-31(3)25(19)21)33-7-5-6-16-8-20(17-12-30-32(4)13-17)22(26(28)29)11-24(16)33/h8-14,26H,1,5-7H2,2-4H3,(H,34,35). The Kier molecular flexibility index (Phi) is 5.46. The second-order valence-electron chi connectivity index (χ2n) is 9.16. The van der Waals surface area contributed by atoms with Crippen molar-refractivity contribution in [2.45, 2.75) is 26.2 Å². The lowest BCUT2D eigenvalue weighted by Gasteiger charge is -2.33. The zero-order valence-corrected chi connectivity index (χ0v) is 19.8. The van der Waals surface area contributed by atoms with Gasteiger partial charge in [0.1, 0.15) is 0 Å². The zero-order valence-electron chi connectivity index (χ0n) is 19.8. The van der Waals surface area contributed by atoms with Crippen molar-refractivity contribution in [3.05, 3.63) is 71.7 Å². The number of halogens is 2. The fourth-order valence-electron chi connectivity index (χ4n) is 5.09. The van der Waals surface area contributed by atoms with Crippen LogP contribution in [0.25, 0.3) is 27.6 Å². The van der Waals surface area contributed by atoms with Crippen LogP contribution in [0.15, 0.2) is 49.4 Å². The van der Waals surface area contributed by atoms with Crippen LogP contribution < -0.4 is 4.90 Å². The third-order valence-electron chi connectivity index (χ3n) is 6.68. The maximum Gasteiger partial charge on any atom is 0.337 e. The summed E-state index contributed by atoms with van der Waals surface area (Å²) in [5, 5.41) is 14.5. The van der Waals surface area contributed by atoms with E-state index in [1.54, 1.807) is 41.0 Å². The zero-order chi connectivity index (χ0) is 25.0. The Bertz CT molecular complexity index is 1500. The molecule has 5 rings (SSSR count). The Morgan fingerprint density at radius 2 is 1.91 bits per heavy atom. The van der Waals surface area contributed by atoms with Gasteiger partial charge in [0.2, 0.25) is 0 Å². The number of aryl methyl sites for hydroxylation is 3. The fourth-order valence-corrected chi connectivity index (χ4v) is 5.09. The van der Waals surface area contributed by atoms with E-state index in [2.05, 4.69) is 11.7 Å². The molecule has 4 aromatic rings. The highest BCUT2D eigenvalue weighted by Crippen LogP contribution is 2.43. The molecule has 180 valence electrons. The average Bonchev–Trinajstić information content (AvgIpc) is 3.40. The Morgan fingerprint density at radius 3 is 2.54 bits per heavy atom. The van der Waals surface area contributed by atoms with Crippen molar-refractivity contribution in [2.24, 2.45) is 14.1 Å². The number of fused-ring (bicyclic) bond motifs is 2. The molecule has 35 heavy (non-hydrogen) atoms. The Labute approximate surface area is 201 Å². The van der Waals surface area contributed by atoms with E-state index in [1.807, 2.05) is 37.1 Å². The molecule has 3 heterocycles. The quantitative estimate of drug-likeness (QED) is 0.366. The second-order valence-corrected chi connectivity index (χ2v) is 9.16. The number of allylic oxidation sites excluding steroid dienone is 1. The van der Waals surface area contributed by atoms with Crippen molar-refractivity contribution in [3.63, 3.8) is 0 Å². The molecule has 0 saturated heterocycles. The van der Waals surface area contributed by atoms with Gasteiger partial charge >= 0.3 is 5.97 Å². The maximum atomic E-state index is 14.2. The van der Waals surface area contributed by atoms with Crippen molar-refractivity contribution < 1.29 is 18.7 Å². The predicted octanol–water partition coefficient (Wildman–Crippen LogP) is 6.33. The van der Waals surface area contributed by atoms with Gasteiger partial charge in [0.25, 0.3) is 6.43 Å². The van der Waals surface area contributed by atoms with Crippen molar-refractivity contribution >= 4 is 33.8 Å². The van der Waals surface area contributed by atoms with E-state index >= 15 is 0 Å². The minimum atomic E-state index is -2.65. The number of carboxylic acids is 1. The van der Waals surface area contributed by atoms with Crippen LogP contribution in [0.2, 0.25) is 0 Å². The van der Waals surface area contributed by atoms with Crippen LogP contribution in [0.3, 0.4) is 0 Å². The predicted molar refractivity (Wildman–Crippen MR) is 134 cm³/mol. The molecule has 2 aromatic heterocycles. The van der Waals surface area contributed by atoms with Crippen LogP contribution in [0.4, 0.5) is 20.2 Å². The Hall–Kier alpha value is -3.94. The van der Waals surface area contributed by atoms with E-state index in [0.29, 0.717) is 23.1 Å². The number of rotatable bonds is 5. The van der Waals surface area contributed by atoms with Crippen LogP contribution in [0.5, 0.6) is 0 Å². The highest BCUT2D eigenvalue weighted by Gasteiger charge is 2.26. The van der Waals surface area contributed by atoms with Gasteiger partial charge in [-0.2, -0.15) is 5.10 Å². The van der Waals surface area contributed by atoms with E-state index in [4.69, 9.17) is 0 Å². The third kappa shape index (κ3) is 3.79. The first-order chi connectivity index (χ1) is 16.7. The van der Waals surface area contributed by atoms with Gasteiger partial charge in [-0.1, -0.05) is 6.58 Å². The number of hydrogen-bond donors (Lipinski definition) is 1. The fraction of sp³-hybridized carbons (Fsp3) is 0.259. The van der Waals surface area contributed by atoms with Crippen molar-refractivity contribution in [1.82, 2.24) is 14.3 Å². The van der Waals surface area contributed by atoms with Gasteiger partial charge in [-0.05, 0) is 60.7 Å². The maximum absolute atomic E-state index is 14.2. The molecule has 0 bridgehead atoms. The lowest BCUT2D eigenvalue weighted by atomic mass is 9.92. The molecular formula is C27H26F2N4O2. The average molecular weight is 477 g/mol. The molecule has 0 aliphatic carbocycles. The lowest BCUT2D eigenvalue weighted by Crippen LogP contribution is -2.25. The summed E-state index contributed by atoms with van der Waals surface area (Å²) in [6.45, 7) is 6.62. The minimum Gasteiger partial charge on any atom is -0.478 e. The lowest BCUT2D eigenvalue weighted by molar-refractivity contribution is 0.0698. The molecule has 1 N–H and O–H groups in total. The van der Waals surface area contributed by atoms with Crippen molar-refractivity contribution in [3.8, 4) is 11.1 Å². The Morgan fingerprint density at radius 1 is 1.14 bits per heavy atom. The summed E-state index contributed by atoms with van der Waals surface area (Å²) < 4.78 is 31.8. The molecule has 6 nitrogen and oxygen atoms in total. The smallest absolute Gasteiger partial charge is 0.337 e.